The summed E-state index contributed by atoms with van der Waals surface area (Å²) in [4.78, 5) is 27.2. The van der Waals surface area contributed by atoms with Crippen LogP contribution in [0.25, 0.3) is 0 Å². The van der Waals surface area contributed by atoms with E-state index in [-0.39, 0.29) is 23.7 Å². The summed E-state index contributed by atoms with van der Waals surface area (Å²) in [7, 11) is 0. The molecule has 1 aromatic carbocycles. The van der Waals surface area contributed by atoms with E-state index in [4.69, 9.17) is 11.1 Å². The van der Waals surface area contributed by atoms with Crippen LogP contribution in [0.3, 0.4) is 0 Å². The highest BCUT2D eigenvalue weighted by atomic mass is 16.2. The Labute approximate surface area is 179 Å². The fraction of sp³-hybridized carbons (Fsp3) is 0.391. The summed E-state index contributed by atoms with van der Waals surface area (Å²) in [5.74, 6) is -0.253. The maximum atomic E-state index is 12.9. The van der Waals surface area contributed by atoms with Gasteiger partial charge in [0.25, 0.3) is 5.91 Å². The number of hydrogen-bond donors (Lipinski definition) is 3. The van der Waals surface area contributed by atoms with Crippen molar-refractivity contribution in [1.82, 2.24) is 4.90 Å². The van der Waals surface area contributed by atoms with Gasteiger partial charge in [-0.25, -0.2) is 4.57 Å². The minimum absolute atomic E-state index is 0.126. The molecule has 7 heteroatoms. The lowest BCUT2D eigenvalue weighted by Gasteiger charge is -2.24. The number of carbonyl (C=O) groups excluding carboxylic acids is 2. The number of nitrogens with two attached hydrogens (primary N) is 1. The van der Waals surface area contributed by atoms with Crippen LogP contribution in [-0.2, 0) is 4.79 Å². The summed E-state index contributed by atoms with van der Waals surface area (Å²) in [6.45, 7) is 10.6. The standard InChI is InChI=1S/C19H21N5O2.2C2H6/c1-13-11-16(17(25)22-15-5-3-2-4-6-15)24(12-13)18(26)14-7-9-23(10-8-14)19(20)21;2*1-2/h2-10,13,16H,11-12H2,1H3,(H3-,20,21,22,25);2*1-2H3/p+1. The molecule has 2 atom stereocenters. The first-order chi connectivity index (χ1) is 14.5. The van der Waals surface area contributed by atoms with Gasteiger partial charge in [-0.1, -0.05) is 52.8 Å². The number of nitrogens with zero attached hydrogens (tertiary/aromatic N) is 2. The van der Waals surface area contributed by atoms with Crippen molar-refractivity contribution in [2.75, 3.05) is 11.9 Å². The minimum Gasteiger partial charge on any atom is -0.326 e. The predicted molar refractivity (Wildman–Crippen MR) is 120 cm³/mol. The Morgan fingerprint density at radius 1 is 1.07 bits per heavy atom. The molecule has 0 aliphatic carbocycles. The first kappa shape index (κ1) is 24.8. The highest BCUT2D eigenvalue weighted by Gasteiger charge is 2.38. The van der Waals surface area contributed by atoms with Crippen LogP contribution in [0.2, 0.25) is 0 Å². The quantitative estimate of drug-likeness (QED) is 0.409. The van der Waals surface area contributed by atoms with E-state index in [0.29, 0.717) is 24.2 Å². The second kappa shape index (κ2) is 12.4. The van der Waals surface area contributed by atoms with Gasteiger partial charge in [-0.2, -0.15) is 0 Å². The number of aromatic nitrogens is 1. The largest absolute Gasteiger partial charge is 0.386 e. The number of nitrogens with one attached hydrogen (secondary N) is 2. The van der Waals surface area contributed by atoms with Crippen molar-refractivity contribution >= 4 is 23.5 Å². The van der Waals surface area contributed by atoms with E-state index in [1.807, 2.05) is 65.0 Å². The van der Waals surface area contributed by atoms with Gasteiger partial charge in [0, 0.05) is 17.8 Å². The summed E-state index contributed by atoms with van der Waals surface area (Å²) in [6.07, 6.45) is 3.76. The van der Waals surface area contributed by atoms with Crippen molar-refractivity contribution in [3.8, 4) is 0 Å². The molecule has 7 nitrogen and oxygen atoms in total. The van der Waals surface area contributed by atoms with E-state index in [2.05, 4.69) is 5.32 Å². The van der Waals surface area contributed by atoms with Crippen LogP contribution < -0.4 is 15.6 Å². The molecule has 1 aliphatic heterocycles. The Morgan fingerprint density at radius 2 is 1.63 bits per heavy atom. The van der Waals surface area contributed by atoms with Crippen molar-refractivity contribution in [2.45, 2.75) is 47.1 Å². The lowest BCUT2D eigenvalue weighted by molar-refractivity contribution is -0.558. The molecule has 2 amide bonds. The number of hydrogen-bond acceptors (Lipinski definition) is 3. The lowest BCUT2D eigenvalue weighted by Crippen LogP contribution is -2.48. The Morgan fingerprint density at radius 3 is 2.17 bits per heavy atom. The molecule has 0 bridgehead atoms. The molecule has 4 N–H and O–H groups in total. The number of amides is 2. The average Bonchev–Trinajstić information content (AvgIpc) is 3.18. The highest BCUT2D eigenvalue weighted by molar-refractivity contribution is 6.01. The van der Waals surface area contributed by atoms with Gasteiger partial charge in [0.1, 0.15) is 6.04 Å². The van der Waals surface area contributed by atoms with Gasteiger partial charge in [-0.05, 0) is 36.6 Å². The fourth-order valence-corrected chi connectivity index (χ4v) is 3.16. The molecule has 30 heavy (non-hydrogen) atoms. The number of rotatable bonds is 3. The minimum atomic E-state index is -0.502. The molecular formula is C23H34N5O2+. The van der Waals surface area contributed by atoms with Crippen molar-refractivity contribution in [2.24, 2.45) is 11.7 Å². The van der Waals surface area contributed by atoms with E-state index >= 15 is 0 Å². The molecule has 3 rings (SSSR count). The monoisotopic (exact) mass is 412 g/mol. The van der Waals surface area contributed by atoms with E-state index in [1.54, 1.807) is 29.4 Å². The molecule has 0 radical (unpaired) electrons. The third kappa shape index (κ3) is 6.40. The van der Waals surface area contributed by atoms with Crippen molar-refractivity contribution in [1.29, 1.82) is 5.41 Å². The molecule has 0 saturated carbocycles. The average molecular weight is 413 g/mol. The molecule has 2 aromatic rings. The Kier molecular flexibility index (Phi) is 10.2. The maximum absolute atomic E-state index is 12.9. The van der Waals surface area contributed by atoms with E-state index < -0.39 is 6.04 Å². The molecule has 1 saturated heterocycles. The number of para-hydroxylation sites is 1. The molecule has 162 valence electrons. The molecule has 1 aromatic heterocycles. The first-order valence-electron chi connectivity index (χ1n) is 10.5. The Bertz CT molecular complexity index is 821. The van der Waals surface area contributed by atoms with Crippen molar-refractivity contribution < 1.29 is 14.2 Å². The van der Waals surface area contributed by atoms with Gasteiger partial charge >= 0.3 is 5.96 Å². The summed E-state index contributed by atoms with van der Waals surface area (Å²) in [5, 5.41) is 10.3. The van der Waals surface area contributed by atoms with Gasteiger partial charge in [-0.15, -0.1) is 5.41 Å². The van der Waals surface area contributed by atoms with Crippen LogP contribution in [0.4, 0.5) is 5.69 Å². The van der Waals surface area contributed by atoms with Crippen LogP contribution in [0, 0.1) is 11.3 Å². The smallest absolute Gasteiger partial charge is 0.326 e. The topological polar surface area (TPSA) is 103 Å². The Balaban J connectivity index is 0.00000106. The van der Waals surface area contributed by atoms with Gasteiger partial charge in [-0.3, -0.25) is 15.3 Å². The lowest BCUT2D eigenvalue weighted by atomic mass is 10.1. The molecular weight excluding hydrogens is 378 g/mol. The highest BCUT2D eigenvalue weighted by Crippen LogP contribution is 2.25. The van der Waals surface area contributed by atoms with E-state index in [1.165, 1.54) is 4.57 Å². The molecule has 0 spiro atoms. The molecule has 2 heterocycles. The van der Waals surface area contributed by atoms with Gasteiger partial charge in [0.05, 0.1) is 12.4 Å². The normalized spacial score (nSPS) is 17.0. The Hall–Kier alpha value is -3.22. The number of benzene rings is 1. The third-order valence-corrected chi connectivity index (χ3v) is 4.47. The third-order valence-electron chi connectivity index (χ3n) is 4.47. The van der Waals surface area contributed by atoms with Crippen LogP contribution in [0.5, 0.6) is 0 Å². The molecule has 1 fully saturated rings. The number of pyridine rings is 1. The number of nitrogen functional groups attached to an aromatic ring is 1. The summed E-state index contributed by atoms with van der Waals surface area (Å²) in [6, 6.07) is 11.9. The van der Waals surface area contributed by atoms with Crippen LogP contribution in [0.1, 0.15) is 51.4 Å². The zero-order chi connectivity index (χ0) is 22.7. The SMILES string of the molecule is CC.CC.CC1CC(C(=O)Nc2ccccc2)N(C(=O)c2cc[n+](C(=N)N)cc2)C1. The van der Waals surface area contributed by atoms with Crippen LogP contribution in [-0.4, -0.2) is 35.3 Å². The summed E-state index contributed by atoms with van der Waals surface area (Å²) < 4.78 is 1.41. The van der Waals surface area contributed by atoms with Gasteiger partial charge < -0.3 is 10.2 Å². The fourth-order valence-electron chi connectivity index (χ4n) is 3.16. The molecule has 2 unspecified atom stereocenters. The number of likely N-dealkylation sites (tertiary alicyclic amines) is 1. The first-order valence-corrected chi connectivity index (χ1v) is 10.5. The summed E-state index contributed by atoms with van der Waals surface area (Å²) >= 11 is 0. The molecule has 1 aliphatic rings. The maximum Gasteiger partial charge on any atom is 0.386 e. The number of anilines is 1. The van der Waals surface area contributed by atoms with E-state index in [9.17, 15) is 9.59 Å². The zero-order valence-corrected chi connectivity index (χ0v) is 18.6. The predicted octanol–water partition coefficient (Wildman–Crippen LogP) is 3.26. The van der Waals surface area contributed by atoms with Crippen molar-refractivity contribution in [3.63, 3.8) is 0 Å². The second-order valence-corrected chi connectivity index (χ2v) is 6.55. The van der Waals surface area contributed by atoms with E-state index in [0.717, 1.165) is 0 Å². The second-order valence-electron chi connectivity index (χ2n) is 6.55. The van der Waals surface area contributed by atoms with Crippen LogP contribution in [0.15, 0.2) is 54.9 Å². The van der Waals surface area contributed by atoms with Crippen molar-refractivity contribution in [3.05, 3.63) is 60.4 Å². The zero-order valence-electron chi connectivity index (χ0n) is 18.6. The van der Waals surface area contributed by atoms with Gasteiger partial charge in [0.15, 0.2) is 0 Å². The van der Waals surface area contributed by atoms with Crippen LogP contribution >= 0.6 is 0 Å². The summed E-state index contributed by atoms with van der Waals surface area (Å²) in [5.41, 5.74) is 6.59. The number of carbonyl (C=O) groups is 2. The van der Waals surface area contributed by atoms with Gasteiger partial charge in [0.2, 0.25) is 5.91 Å².